The Kier molecular flexibility index (Phi) is 4.47. The molecule has 0 saturated heterocycles. The van der Waals surface area contributed by atoms with Crippen LogP contribution >= 0.6 is 0 Å². The van der Waals surface area contributed by atoms with Gasteiger partial charge in [-0.15, -0.1) is 0 Å². The summed E-state index contributed by atoms with van der Waals surface area (Å²) in [4.78, 5) is 3.26. The highest BCUT2D eigenvalue weighted by atomic mass is 16.5. The van der Waals surface area contributed by atoms with Crippen molar-refractivity contribution in [3.63, 3.8) is 0 Å². The van der Waals surface area contributed by atoms with E-state index in [-0.39, 0.29) is 0 Å². The molecule has 1 heterocycles. The summed E-state index contributed by atoms with van der Waals surface area (Å²) in [6.07, 6.45) is 5.52. The van der Waals surface area contributed by atoms with Crippen LogP contribution in [0.2, 0.25) is 0 Å². The third-order valence-electron chi connectivity index (χ3n) is 4.39. The fourth-order valence-electron chi connectivity index (χ4n) is 3.33. The third kappa shape index (κ3) is 3.00. The van der Waals surface area contributed by atoms with Gasteiger partial charge in [-0.25, -0.2) is 4.98 Å². The number of pyridine rings is 1. The quantitative estimate of drug-likeness (QED) is 0.884. The number of nitrogens with one attached hydrogen (secondary N) is 1. The Labute approximate surface area is 136 Å². The third-order valence-corrected chi connectivity index (χ3v) is 4.39. The number of benzene rings is 1. The zero-order chi connectivity index (χ0) is 16.2. The molecular formula is C19H22N3O+. The molecule has 0 atom stereocenters. The van der Waals surface area contributed by atoms with Gasteiger partial charge in [0.15, 0.2) is 0 Å². The summed E-state index contributed by atoms with van der Waals surface area (Å²) < 4.78 is 5.51. The van der Waals surface area contributed by atoms with Gasteiger partial charge in [0.25, 0.3) is 5.82 Å². The number of hydrogen-bond donors (Lipinski definition) is 1. The van der Waals surface area contributed by atoms with Gasteiger partial charge in [-0.1, -0.05) is 18.6 Å². The van der Waals surface area contributed by atoms with Gasteiger partial charge < -0.3 is 4.74 Å². The minimum absolute atomic E-state index is 0.469. The fourth-order valence-corrected chi connectivity index (χ4v) is 3.33. The Morgan fingerprint density at radius 1 is 1.17 bits per heavy atom. The molecule has 23 heavy (non-hydrogen) atoms. The summed E-state index contributed by atoms with van der Waals surface area (Å²) in [5, 5.41) is 9.60. The molecule has 0 saturated carbocycles. The van der Waals surface area contributed by atoms with Crippen LogP contribution in [-0.4, -0.2) is 6.61 Å². The summed E-state index contributed by atoms with van der Waals surface area (Å²) in [7, 11) is 0. The molecule has 1 aliphatic rings. The molecule has 2 aromatic rings. The Morgan fingerprint density at radius 2 is 1.91 bits per heavy atom. The van der Waals surface area contributed by atoms with Gasteiger partial charge >= 0.3 is 0 Å². The Balaban J connectivity index is 2.16. The number of aromatic nitrogens is 1. The lowest BCUT2D eigenvalue weighted by atomic mass is 9.92. The number of aryl methyl sites for hydroxylation is 1. The van der Waals surface area contributed by atoms with E-state index in [2.05, 4.69) is 11.1 Å². The number of rotatable bonds is 3. The molecule has 0 amide bonds. The second kappa shape index (κ2) is 6.70. The van der Waals surface area contributed by atoms with Gasteiger partial charge in [-0.3, -0.25) is 5.73 Å². The number of fused-ring (bicyclic) bond motifs is 1. The number of H-pyrrole nitrogens is 1. The van der Waals surface area contributed by atoms with Gasteiger partial charge in [0.05, 0.1) is 6.61 Å². The van der Waals surface area contributed by atoms with Crippen LogP contribution in [0.4, 0.5) is 5.82 Å². The van der Waals surface area contributed by atoms with Gasteiger partial charge in [-0.2, -0.15) is 5.26 Å². The van der Waals surface area contributed by atoms with Gasteiger partial charge in [0.2, 0.25) is 0 Å². The molecular weight excluding hydrogens is 286 g/mol. The van der Waals surface area contributed by atoms with Crippen molar-refractivity contribution in [3.05, 3.63) is 41.1 Å². The van der Waals surface area contributed by atoms with Crippen LogP contribution in [0, 0.1) is 11.3 Å². The molecule has 0 fully saturated rings. The molecule has 0 radical (unpaired) electrons. The summed E-state index contributed by atoms with van der Waals surface area (Å²) in [5.41, 5.74) is 11.1. The zero-order valence-electron chi connectivity index (χ0n) is 13.5. The maximum atomic E-state index is 9.60. The van der Waals surface area contributed by atoms with Gasteiger partial charge in [0, 0.05) is 17.5 Å². The zero-order valence-corrected chi connectivity index (χ0v) is 13.5. The van der Waals surface area contributed by atoms with E-state index in [1.54, 1.807) is 0 Å². The maximum absolute atomic E-state index is 9.60. The van der Waals surface area contributed by atoms with Crippen molar-refractivity contribution in [1.29, 1.82) is 5.26 Å². The minimum atomic E-state index is 0.469. The van der Waals surface area contributed by atoms with Crippen LogP contribution in [0.3, 0.4) is 0 Å². The highest BCUT2D eigenvalue weighted by Crippen LogP contribution is 2.34. The van der Waals surface area contributed by atoms with Crippen molar-refractivity contribution in [2.45, 2.75) is 39.0 Å². The van der Waals surface area contributed by atoms with E-state index in [0.717, 1.165) is 42.6 Å². The number of nitrogens with two attached hydrogens (primary N) is 1. The van der Waals surface area contributed by atoms with Gasteiger partial charge in [-0.05, 0) is 43.9 Å². The highest BCUT2D eigenvalue weighted by Gasteiger charge is 2.24. The monoisotopic (exact) mass is 308 g/mol. The Bertz CT molecular complexity index is 745. The Hall–Kier alpha value is -2.54. The molecule has 1 aliphatic carbocycles. The largest absolute Gasteiger partial charge is 0.494 e. The summed E-state index contributed by atoms with van der Waals surface area (Å²) in [6, 6.07) is 10.2. The molecule has 3 N–H and O–H groups in total. The number of aromatic amines is 1. The lowest BCUT2D eigenvalue weighted by Gasteiger charge is -2.13. The van der Waals surface area contributed by atoms with Crippen LogP contribution < -0.4 is 15.5 Å². The van der Waals surface area contributed by atoms with Crippen LogP contribution in [0.15, 0.2) is 24.3 Å². The van der Waals surface area contributed by atoms with Crippen LogP contribution in [0.5, 0.6) is 5.75 Å². The normalized spacial score (nSPS) is 13.7. The van der Waals surface area contributed by atoms with Crippen molar-refractivity contribution >= 4 is 5.82 Å². The number of ether oxygens (including phenoxy) is 1. The van der Waals surface area contributed by atoms with Gasteiger partial charge in [0.1, 0.15) is 23.1 Å². The number of nitrogen functional groups attached to an aromatic ring is 1. The first-order chi connectivity index (χ1) is 11.2. The van der Waals surface area contributed by atoms with E-state index in [1.807, 2.05) is 31.2 Å². The second-order valence-corrected chi connectivity index (χ2v) is 5.88. The van der Waals surface area contributed by atoms with Crippen molar-refractivity contribution < 1.29 is 9.72 Å². The predicted molar refractivity (Wildman–Crippen MR) is 90.0 cm³/mol. The predicted octanol–water partition coefficient (Wildman–Crippen LogP) is 3.29. The van der Waals surface area contributed by atoms with E-state index in [9.17, 15) is 5.26 Å². The lowest BCUT2D eigenvalue weighted by Crippen LogP contribution is -2.21. The first-order valence-corrected chi connectivity index (χ1v) is 8.24. The average Bonchev–Trinajstić information content (AvgIpc) is 2.80. The summed E-state index contributed by atoms with van der Waals surface area (Å²) in [6.45, 7) is 2.61. The van der Waals surface area contributed by atoms with Crippen LogP contribution in [-0.2, 0) is 12.8 Å². The minimum Gasteiger partial charge on any atom is -0.494 e. The molecule has 1 aromatic carbocycles. The standard InChI is InChI=1S/C19H21N3O/c1-2-23-14-10-8-13(9-11-14)18-15-6-4-3-5-7-17(15)22-19(21)16(18)12-20/h8-11H,2-7H2,1H3,(H2,21,22)/p+1. The van der Waals surface area contributed by atoms with E-state index >= 15 is 0 Å². The number of nitrogens with zero attached hydrogens (tertiary/aromatic N) is 1. The van der Waals surface area contributed by atoms with Crippen molar-refractivity contribution in [3.8, 4) is 22.9 Å². The van der Waals surface area contributed by atoms with E-state index in [0.29, 0.717) is 18.0 Å². The van der Waals surface area contributed by atoms with Crippen LogP contribution in [0.1, 0.15) is 43.0 Å². The fraction of sp³-hybridized carbons (Fsp3) is 0.368. The molecule has 4 heteroatoms. The number of hydrogen-bond acceptors (Lipinski definition) is 3. The maximum Gasteiger partial charge on any atom is 0.289 e. The Morgan fingerprint density at radius 3 is 2.61 bits per heavy atom. The topological polar surface area (TPSA) is 73.2 Å². The summed E-state index contributed by atoms with van der Waals surface area (Å²) >= 11 is 0. The SMILES string of the molecule is CCOc1ccc(-c2c(C#N)c(N)[nH+]c3c2CCCCC3)cc1. The number of nitriles is 1. The molecule has 118 valence electrons. The molecule has 0 aliphatic heterocycles. The smallest absolute Gasteiger partial charge is 0.289 e. The summed E-state index contributed by atoms with van der Waals surface area (Å²) in [5.74, 6) is 1.31. The second-order valence-electron chi connectivity index (χ2n) is 5.88. The molecule has 4 nitrogen and oxygen atoms in total. The molecule has 0 bridgehead atoms. The van der Waals surface area contributed by atoms with Crippen molar-refractivity contribution in [1.82, 2.24) is 0 Å². The molecule has 0 unspecified atom stereocenters. The molecule has 0 spiro atoms. The van der Waals surface area contributed by atoms with Crippen LogP contribution in [0.25, 0.3) is 11.1 Å². The first-order valence-electron chi connectivity index (χ1n) is 8.24. The lowest BCUT2D eigenvalue weighted by molar-refractivity contribution is -0.373. The molecule has 1 aromatic heterocycles. The first kappa shape index (κ1) is 15.4. The van der Waals surface area contributed by atoms with E-state index < -0.39 is 0 Å². The highest BCUT2D eigenvalue weighted by molar-refractivity contribution is 5.78. The van der Waals surface area contributed by atoms with E-state index in [4.69, 9.17) is 10.5 Å². The molecule has 3 rings (SSSR count). The van der Waals surface area contributed by atoms with Crippen molar-refractivity contribution in [2.24, 2.45) is 0 Å². The number of anilines is 1. The average molecular weight is 308 g/mol. The van der Waals surface area contributed by atoms with E-state index in [1.165, 1.54) is 17.7 Å². The van der Waals surface area contributed by atoms with Crippen molar-refractivity contribution in [2.75, 3.05) is 12.3 Å².